The second-order valence-corrected chi connectivity index (χ2v) is 9.33. The van der Waals surface area contributed by atoms with Gasteiger partial charge in [-0.1, -0.05) is 34.8 Å². The van der Waals surface area contributed by atoms with Gasteiger partial charge in [-0.3, -0.25) is 9.80 Å². The Labute approximate surface area is 195 Å². The topological polar surface area (TPSA) is 62.2 Å². The van der Waals surface area contributed by atoms with Crippen LogP contribution in [0.25, 0.3) is 0 Å². The van der Waals surface area contributed by atoms with E-state index in [1.54, 1.807) is 29.2 Å². The lowest BCUT2D eigenvalue weighted by Gasteiger charge is -2.30. The molecule has 5 rings (SSSR count). The predicted molar refractivity (Wildman–Crippen MR) is 120 cm³/mol. The normalized spacial score (nSPS) is 25.7. The van der Waals surface area contributed by atoms with Gasteiger partial charge in [0.2, 0.25) is 0 Å². The van der Waals surface area contributed by atoms with Crippen molar-refractivity contribution in [1.29, 1.82) is 0 Å². The van der Waals surface area contributed by atoms with E-state index in [9.17, 15) is 9.90 Å². The number of cyclic esters (lactones) is 1. The number of benzene rings is 2. The van der Waals surface area contributed by atoms with Crippen molar-refractivity contribution in [2.24, 2.45) is 0 Å². The Hall–Kier alpha value is -1.70. The number of aliphatic hydroxyl groups is 1. The standard InChI is InChI=1S/C22H21Cl3N2O4/c23-12-7-16-15(18(25)8-12)10-19(26-4-3-14(28)11-26)21(16)31-20-9-13(1-2-17(20)24)27-5-6-30-22(27)29/h1-2,7-9,14,19,21,28H,3-6,10-11H2/t14?,19-,21-/m0/s1. The molecule has 0 bridgehead atoms. The number of fused-ring (bicyclic) bond motifs is 1. The van der Waals surface area contributed by atoms with Crippen LogP contribution in [0.1, 0.15) is 23.7 Å². The average molecular weight is 484 g/mol. The van der Waals surface area contributed by atoms with Gasteiger partial charge in [-0.25, -0.2) is 4.79 Å². The van der Waals surface area contributed by atoms with Crippen LogP contribution in [0.3, 0.4) is 0 Å². The van der Waals surface area contributed by atoms with E-state index in [1.807, 2.05) is 6.07 Å². The van der Waals surface area contributed by atoms with E-state index in [-0.39, 0.29) is 24.3 Å². The molecular formula is C22H21Cl3N2O4. The first-order chi connectivity index (χ1) is 14.9. The van der Waals surface area contributed by atoms with E-state index in [0.717, 1.165) is 24.1 Å². The Balaban J connectivity index is 1.51. The molecule has 1 amide bonds. The zero-order chi connectivity index (χ0) is 21.7. The molecule has 2 aromatic carbocycles. The molecule has 1 unspecified atom stereocenters. The number of carbonyl (C=O) groups excluding carboxylic acids is 1. The minimum atomic E-state index is -0.387. The molecule has 0 spiro atoms. The summed E-state index contributed by atoms with van der Waals surface area (Å²) in [6, 6.07) is 8.86. The van der Waals surface area contributed by atoms with Crippen molar-refractivity contribution < 1.29 is 19.4 Å². The fourth-order valence-electron chi connectivity index (χ4n) is 4.66. The van der Waals surface area contributed by atoms with Gasteiger partial charge in [-0.15, -0.1) is 0 Å². The molecule has 3 atom stereocenters. The minimum Gasteiger partial charge on any atom is -0.482 e. The van der Waals surface area contributed by atoms with E-state index in [2.05, 4.69) is 4.90 Å². The van der Waals surface area contributed by atoms with E-state index in [4.69, 9.17) is 44.3 Å². The van der Waals surface area contributed by atoms with Crippen LogP contribution in [-0.2, 0) is 11.2 Å². The lowest BCUT2D eigenvalue weighted by atomic mass is 10.1. The Kier molecular flexibility index (Phi) is 5.69. The van der Waals surface area contributed by atoms with Gasteiger partial charge in [0.1, 0.15) is 18.5 Å². The number of likely N-dealkylation sites (tertiary alicyclic amines) is 1. The molecule has 6 nitrogen and oxygen atoms in total. The molecule has 1 aliphatic carbocycles. The Morgan fingerprint density at radius 3 is 2.65 bits per heavy atom. The van der Waals surface area contributed by atoms with Crippen LogP contribution in [0.2, 0.25) is 15.1 Å². The number of β-amino-alcohol motifs (C(OH)–C–C–N with tert-alkyl or cyclic N) is 1. The Morgan fingerprint density at radius 2 is 1.94 bits per heavy atom. The summed E-state index contributed by atoms with van der Waals surface area (Å²) >= 11 is 19.3. The maximum absolute atomic E-state index is 12.0. The minimum absolute atomic E-state index is 0.0143. The van der Waals surface area contributed by atoms with Gasteiger partial charge >= 0.3 is 6.09 Å². The first-order valence-electron chi connectivity index (χ1n) is 10.2. The first kappa shape index (κ1) is 21.2. The number of hydrogen-bond donors (Lipinski definition) is 1. The summed E-state index contributed by atoms with van der Waals surface area (Å²) in [7, 11) is 0. The van der Waals surface area contributed by atoms with E-state index >= 15 is 0 Å². The summed E-state index contributed by atoms with van der Waals surface area (Å²) in [6.45, 7) is 2.19. The highest BCUT2D eigenvalue weighted by molar-refractivity contribution is 6.35. The summed E-state index contributed by atoms with van der Waals surface area (Å²) < 4.78 is 11.5. The largest absolute Gasteiger partial charge is 0.482 e. The van der Waals surface area contributed by atoms with Gasteiger partial charge in [0, 0.05) is 34.8 Å². The summed E-state index contributed by atoms with van der Waals surface area (Å²) in [5.41, 5.74) is 2.58. The van der Waals surface area contributed by atoms with Gasteiger partial charge < -0.3 is 14.6 Å². The second kappa shape index (κ2) is 8.34. The van der Waals surface area contributed by atoms with Gasteiger partial charge in [-0.05, 0) is 42.7 Å². The number of hydrogen-bond acceptors (Lipinski definition) is 5. The number of halogens is 3. The summed E-state index contributed by atoms with van der Waals surface area (Å²) in [5.74, 6) is 0.470. The fraction of sp³-hybridized carbons (Fsp3) is 0.409. The molecule has 9 heteroatoms. The molecule has 2 aliphatic heterocycles. The maximum atomic E-state index is 12.0. The molecule has 0 saturated carbocycles. The molecule has 164 valence electrons. The Morgan fingerprint density at radius 1 is 1.10 bits per heavy atom. The monoisotopic (exact) mass is 482 g/mol. The number of ether oxygens (including phenoxy) is 2. The molecular weight excluding hydrogens is 463 g/mol. The van der Waals surface area contributed by atoms with E-state index in [1.165, 1.54) is 0 Å². The van der Waals surface area contributed by atoms with Crippen molar-refractivity contribution in [2.75, 3.05) is 31.1 Å². The zero-order valence-electron chi connectivity index (χ0n) is 16.6. The van der Waals surface area contributed by atoms with E-state index < -0.39 is 0 Å². The van der Waals surface area contributed by atoms with Crippen LogP contribution in [0, 0.1) is 0 Å². The van der Waals surface area contributed by atoms with Crippen molar-refractivity contribution in [3.05, 3.63) is 56.5 Å². The predicted octanol–water partition coefficient (Wildman–Crippen LogP) is 4.71. The zero-order valence-corrected chi connectivity index (χ0v) is 18.8. The summed E-state index contributed by atoms with van der Waals surface area (Å²) in [6.07, 6.45) is 0.313. The van der Waals surface area contributed by atoms with Crippen LogP contribution < -0.4 is 9.64 Å². The fourth-order valence-corrected chi connectivity index (χ4v) is 5.41. The number of anilines is 1. The highest BCUT2D eigenvalue weighted by Gasteiger charge is 2.42. The van der Waals surface area contributed by atoms with Crippen molar-refractivity contribution in [3.8, 4) is 5.75 Å². The third-order valence-corrected chi connectivity index (χ3v) is 7.04. The van der Waals surface area contributed by atoms with Gasteiger partial charge in [0.15, 0.2) is 0 Å². The van der Waals surface area contributed by atoms with Crippen LogP contribution in [0.15, 0.2) is 30.3 Å². The van der Waals surface area contributed by atoms with Gasteiger partial charge in [0.05, 0.1) is 29.4 Å². The number of rotatable bonds is 4. The van der Waals surface area contributed by atoms with Crippen LogP contribution in [-0.4, -0.2) is 54.5 Å². The molecule has 2 aromatic rings. The second-order valence-electron chi connectivity index (χ2n) is 8.08. The molecule has 3 aliphatic rings. The maximum Gasteiger partial charge on any atom is 0.414 e. The highest BCUT2D eigenvalue weighted by atomic mass is 35.5. The number of carbonyl (C=O) groups is 1. The SMILES string of the molecule is O=C1OCCN1c1ccc(Cl)c(O[C@H]2c3cc(Cl)cc(Cl)c3C[C@@H]2N2CCC(O)C2)c1. The number of nitrogens with zero attached hydrogens (tertiary/aromatic N) is 2. The van der Waals surface area contributed by atoms with Gasteiger partial charge in [-0.2, -0.15) is 0 Å². The van der Waals surface area contributed by atoms with E-state index in [0.29, 0.717) is 52.6 Å². The third kappa shape index (κ3) is 3.96. The molecule has 0 radical (unpaired) electrons. The number of amides is 1. The Bertz CT molecular complexity index is 1030. The quantitative estimate of drug-likeness (QED) is 0.682. The van der Waals surface area contributed by atoms with Crippen LogP contribution in [0.5, 0.6) is 5.75 Å². The van der Waals surface area contributed by atoms with Crippen LogP contribution >= 0.6 is 34.8 Å². The molecule has 0 aromatic heterocycles. The number of aliphatic hydroxyl groups excluding tert-OH is 1. The molecule has 1 N–H and O–H groups in total. The molecule has 2 fully saturated rings. The van der Waals surface area contributed by atoms with Crippen molar-refractivity contribution in [1.82, 2.24) is 4.90 Å². The van der Waals surface area contributed by atoms with Crippen molar-refractivity contribution >= 4 is 46.6 Å². The van der Waals surface area contributed by atoms with Gasteiger partial charge in [0.25, 0.3) is 0 Å². The lowest BCUT2D eigenvalue weighted by molar-refractivity contribution is 0.0819. The molecule has 2 heterocycles. The summed E-state index contributed by atoms with van der Waals surface area (Å²) in [4.78, 5) is 15.8. The first-order valence-corrected chi connectivity index (χ1v) is 11.3. The van der Waals surface area contributed by atoms with Crippen molar-refractivity contribution in [3.63, 3.8) is 0 Å². The highest BCUT2D eigenvalue weighted by Crippen LogP contribution is 2.45. The smallest absolute Gasteiger partial charge is 0.414 e. The molecule has 2 saturated heterocycles. The third-order valence-electron chi connectivity index (χ3n) is 6.17. The average Bonchev–Trinajstić information content (AvgIpc) is 3.43. The molecule has 31 heavy (non-hydrogen) atoms. The lowest BCUT2D eigenvalue weighted by Crippen LogP contribution is -2.39. The summed E-state index contributed by atoms with van der Waals surface area (Å²) in [5, 5.41) is 11.7. The van der Waals surface area contributed by atoms with Crippen molar-refractivity contribution in [2.45, 2.75) is 31.1 Å². The van der Waals surface area contributed by atoms with Crippen LogP contribution in [0.4, 0.5) is 10.5 Å².